The first-order valence-corrected chi connectivity index (χ1v) is 13.7. The van der Waals surface area contributed by atoms with Crippen LogP contribution < -0.4 is 10.6 Å². The number of benzene rings is 1. The van der Waals surface area contributed by atoms with Crippen LogP contribution >= 0.6 is 0 Å². The third-order valence-electron chi connectivity index (χ3n) is 7.09. The third-order valence-corrected chi connectivity index (χ3v) is 7.09. The Balaban J connectivity index is 1.32. The van der Waals surface area contributed by atoms with E-state index in [2.05, 4.69) is 32.8 Å². The van der Waals surface area contributed by atoms with Crippen molar-refractivity contribution in [3.05, 3.63) is 53.3 Å². The summed E-state index contributed by atoms with van der Waals surface area (Å²) in [6.45, 7) is 6.00. The molecular formula is C29H40N6O4. The minimum atomic E-state index is -1.09. The lowest BCUT2D eigenvalue weighted by Gasteiger charge is -2.30. The first-order chi connectivity index (χ1) is 18.6. The molecular weight excluding hydrogens is 496 g/mol. The standard InChI is InChI=1S/C29H40N6O4/c1-29(2,39)19-35(16-5-4-9-21-13-12-20-8-7-15-30-26(20)32-21)17-14-24(28(37)38)33-27(36)22-10-6-11-25-23(22)18-31-34(25)3/h6,10-13,18,24,39H,4-5,7-9,14-17,19H2,1-3H3,(H,30,32)(H,33,36)(H,37,38). The Hall–Kier alpha value is -3.50. The maximum Gasteiger partial charge on any atom is 0.326 e. The summed E-state index contributed by atoms with van der Waals surface area (Å²) in [7, 11) is 1.79. The first-order valence-electron chi connectivity index (χ1n) is 13.7. The number of anilines is 1. The molecule has 4 rings (SSSR count). The fourth-order valence-electron chi connectivity index (χ4n) is 5.15. The van der Waals surface area contributed by atoms with E-state index < -0.39 is 23.5 Å². The molecule has 10 nitrogen and oxygen atoms in total. The van der Waals surface area contributed by atoms with Crippen molar-refractivity contribution < 1.29 is 19.8 Å². The van der Waals surface area contributed by atoms with Crippen molar-refractivity contribution in [3.63, 3.8) is 0 Å². The Morgan fingerprint density at radius 2 is 2.03 bits per heavy atom. The molecule has 0 spiro atoms. The van der Waals surface area contributed by atoms with E-state index >= 15 is 0 Å². The number of nitrogens with zero attached hydrogens (tertiary/aromatic N) is 4. The molecule has 10 heteroatoms. The Bertz CT molecular complexity index is 1300. The van der Waals surface area contributed by atoms with Gasteiger partial charge in [0.15, 0.2) is 0 Å². The number of nitrogens with one attached hydrogen (secondary N) is 2. The van der Waals surface area contributed by atoms with Crippen molar-refractivity contribution in [3.8, 4) is 0 Å². The number of aryl methyl sites for hydroxylation is 3. The summed E-state index contributed by atoms with van der Waals surface area (Å²) in [4.78, 5) is 31.9. The molecule has 0 saturated heterocycles. The maximum absolute atomic E-state index is 13.0. The molecule has 1 amide bonds. The summed E-state index contributed by atoms with van der Waals surface area (Å²) < 4.78 is 1.67. The second-order valence-electron chi connectivity index (χ2n) is 11.0. The number of aromatic nitrogens is 3. The van der Waals surface area contributed by atoms with Gasteiger partial charge in [-0.1, -0.05) is 12.1 Å². The van der Waals surface area contributed by atoms with E-state index in [0.717, 1.165) is 55.7 Å². The average molecular weight is 537 g/mol. The van der Waals surface area contributed by atoms with Crippen LogP contribution in [0.5, 0.6) is 0 Å². The summed E-state index contributed by atoms with van der Waals surface area (Å²) in [5.74, 6) is -0.525. The highest BCUT2D eigenvalue weighted by Gasteiger charge is 2.25. The maximum atomic E-state index is 13.0. The number of carboxylic acids is 1. The Kier molecular flexibility index (Phi) is 9.19. The molecule has 0 saturated carbocycles. The zero-order chi connectivity index (χ0) is 28.0. The van der Waals surface area contributed by atoms with Crippen molar-refractivity contribution >= 4 is 28.6 Å². The van der Waals surface area contributed by atoms with E-state index in [-0.39, 0.29) is 6.42 Å². The minimum absolute atomic E-state index is 0.220. The Morgan fingerprint density at radius 3 is 2.79 bits per heavy atom. The molecule has 3 aromatic rings. The molecule has 39 heavy (non-hydrogen) atoms. The van der Waals surface area contributed by atoms with Crippen LogP contribution in [0.2, 0.25) is 0 Å². The third kappa shape index (κ3) is 7.77. The van der Waals surface area contributed by atoms with Crippen LogP contribution in [0, 0.1) is 0 Å². The average Bonchev–Trinajstić information content (AvgIpc) is 3.28. The largest absolute Gasteiger partial charge is 0.480 e. The highest BCUT2D eigenvalue weighted by Crippen LogP contribution is 2.21. The zero-order valence-electron chi connectivity index (χ0n) is 23.1. The van der Waals surface area contributed by atoms with E-state index in [1.807, 2.05) is 6.07 Å². The SMILES string of the molecule is Cn1ncc2c(C(=O)NC(CCN(CCCCc3ccc4c(n3)NCCC4)CC(C)(C)O)C(=O)O)cccc21. The van der Waals surface area contributed by atoms with Crippen LogP contribution in [-0.4, -0.2) is 79.6 Å². The normalized spacial score (nSPS) is 14.2. The second-order valence-corrected chi connectivity index (χ2v) is 11.0. The van der Waals surface area contributed by atoms with E-state index in [1.165, 1.54) is 5.56 Å². The summed E-state index contributed by atoms with van der Waals surface area (Å²) >= 11 is 0. The van der Waals surface area contributed by atoms with Gasteiger partial charge < -0.3 is 25.7 Å². The van der Waals surface area contributed by atoms with Gasteiger partial charge in [-0.25, -0.2) is 9.78 Å². The Morgan fingerprint density at radius 1 is 1.21 bits per heavy atom. The highest BCUT2D eigenvalue weighted by molar-refractivity contribution is 6.07. The summed E-state index contributed by atoms with van der Waals surface area (Å²) in [5, 5.41) is 31.2. The van der Waals surface area contributed by atoms with Crippen molar-refractivity contribution in [2.75, 3.05) is 31.5 Å². The summed E-state index contributed by atoms with van der Waals surface area (Å²) in [5.41, 5.74) is 2.61. The van der Waals surface area contributed by atoms with Gasteiger partial charge >= 0.3 is 5.97 Å². The fourth-order valence-corrected chi connectivity index (χ4v) is 5.15. The number of rotatable bonds is 13. The molecule has 2 aromatic heterocycles. The number of hydrogen-bond acceptors (Lipinski definition) is 7. The number of fused-ring (bicyclic) bond motifs is 2. The molecule has 210 valence electrons. The van der Waals surface area contributed by atoms with Crippen molar-refractivity contribution in [2.45, 2.75) is 64.0 Å². The highest BCUT2D eigenvalue weighted by atomic mass is 16.4. The van der Waals surface area contributed by atoms with Crippen LogP contribution in [-0.2, 0) is 24.7 Å². The molecule has 1 aliphatic rings. The van der Waals surface area contributed by atoms with Crippen LogP contribution in [0.1, 0.15) is 61.1 Å². The number of amides is 1. The number of aliphatic hydroxyl groups is 1. The first kappa shape index (κ1) is 28.5. The van der Waals surface area contributed by atoms with Crippen molar-refractivity contribution in [1.29, 1.82) is 0 Å². The Labute approximate surface area is 229 Å². The molecule has 0 aliphatic carbocycles. The lowest BCUT2D eigenvalue weighted by Crippen LogP contribution is -2.45. The second kappa shape index (κ2) is 12.6. The van der Waals surface area contributed by atoms with Gasteiger partial charge in [-0.05, 0) is 82.7 Å². The number of carbonyl (C=O) groups is 2. The van der Waals surface area contributed by atoms with Crippen molar-refractivity contribution in [1.82, 2.24) is 25.0 Å². The van der Waals surface area contributed by atoms with Gasteiger partial charge in [-0.2, -0.15) is 5.10 Å². The van der Waals surface area contributed by atoms with Crippen LogP contribution in [0.3, 0.4) is 0 Å². The molecule has 1 unspecified atom stereocenters. The smallest absolute Gasteiger partial charge is 0.326 e. The lowest BCUT2D eigenvalue weighted by molar-refractivity contribution is -0.139. The fraction of sp³-hybridized carbons (Fsp3) is 0.517. The number of carboxylic acid groups (broad SMARTS) is 1. The number of pyridine rings is 1. The molecule has 0 radical (unpaired) electrons. The predicted octanol–water partition coefficient (Wildman–Crippen LogP) is 3.00. The van der Waals surface area contributed by atoms with Crippen LogP contribution in [0.15, 0.2) is 36.5 Å². The van der Waals surface area contributed by atoms with Gasteiger partial charge in [-0.15, -0.1) is 0 Å². The van der Waals surface area contributed by atoms with E-state index in [4.69, 9.17) is 4.98 Å². The lowest BCUT2D eigenvalue weighted by atomic mass is 10.1. The van der Waals surface area contributed by atoms with E-state index in [9.17, 15) is 19.8 Å². The van der Waals surface area contributed by atoms with E-state index in [0.29, 0.717) is 30.6 Å². The zero-order valence-corrected chi connectivity index (χ0v) is 23.1. The van der Waals surface area contributed by atoms with E-state index in [1.54, 1.807) is 43.9 Å². The van der Waals surface area contributed by atoms with Gasteiger partial charge in [0.1, 0.15) is 11.9 Å². The molecule has 0 fully saturated rings. The quantitative estimate of drug-likeness (QED) is 0.245. The monoisotopic (exact) mass is 536 g/mol. The minimum Gasteiger partial charge on any atom is -0.480 e. The molecule has 3 heterocycles. The number of carbonyl (C=O) groups excluding carboxylic acids is 1. The molecule has 1 aliphatic heterocycles. The number of unbranched alkanes of at least 4 members (excludes halogenated alkanes) is 1. The summed E-state index contributed by atoms with van der Waals surface area (Å²) in [6.07, 6.45) is 6.72. The molecule has 4 N–H and O–H groups in total. The van der Waals surface area contributed by atoms with Crippen LogP contribution in [0.25, 0.3) is 10.9 Å². The van der Waals surface area contributed by atoms with Gasteiger partial charge in [-0.3, -0.25) is 9.48 Å². The van der Waals surface area contributed by atoms with Gasteiger partial charge in [0, 0.05) is 37.8 Å². The van der Waals surface area contributed by atoms with Gasteiger partial charge in [0.05, 0.1) is 22.9 Å². The van der Waals surface area contributed by atoms with Gasteiger partial charge in [0.2, 0.25) is 0 Å². The molecule has 1 aromatic carbocycles. The number of hydrogen-bond donors (Lipinski definition) is 4. The number of aliphatic carboxylic acids is 1. The van der Waals surface area contributed by atoms with Crippen molar-refractivity contribution in [2.24, 2.45) is 7.05 Å². The van der Waals surface area contributed by atoms with Crippen LogP contribution in [0.4, 0.5) is 5.82 Å². The predicted molar refractivity (Wildman–Crippen MR) is 151 cm³/mol. The topological polar surface area (TPSA) is 133 Å². The summed E-state index contributed by atoms with van der Waals surface area (Å²) in [6, 6.07) is 8.51. The molecule has 1 atom stereocenters. The molecule has 0 bridgehead atoms. The van der Waals surface area contributed by atoms with Gasteiger partial charge in [0.25, 0.3) is 5.91 Å².